The van der Waals surface area contributed by atoms with Gasteiger partial charge in [-0.3, -0.25) is 4.79 Å². The highest BCUT2D eigenvalue weighted by atomic mass is 32.2. The van der Waals surface area contributed by atoms with E-state index in [1.165, 1.54) is 18.2 Å². The van der Waals surface area contributed by atoms with Gasteiger partial charge in [0.15, 0.2) is 5.17 Å². The van der Waals surface area contributed by atoms with E-state index in [2.05, 4.69) is 4.99 Å². The second kappa shape index (κ2) is 6.90. The monoisotopic (exact) mass is 356 g/mol. The third kappa shape index (κ3) is 3.61. The lowest BCUT2D eigenvalue weighted by Crippen LogP contribution is -2.24. The molecule has 0 radical (unpaired) electrons. The minimum absolute atomic E-state index is 0.122. The van der Waals surface area contributed by atoms with Crippen LogP contribution in [-0.4, -0.2) is 29.2 Å². The molecule has 0 saturated carbocycles. The van der Waals surface area contributed by atoms with Crippen molar-refractivity contribution in [2.75, 3.05) is 11.9 Å². The summed E-state index contributed by atoms with van der Waals surface area (Å²) in [6.07, 6.45) is 1.62. The molecule has 0 saturated heterocycles. The molecule has 1 amide bonds. The molecule has 0 aromatic heterocycles. The first-order chi connectivity index (χ1) is 12.0. The maximum absolute atomic E-state index is 13.0. The number of carboxylic acids is 1. The molecular weight excluding hydrogens is 343 g/mol. The summed E-state index contributed by atoms with van der Waals surface area (Å²) in [7, 11) is 1.65. The van der Waals surface area contributed by atoms with Crippen LogP contribution in [0.15, 0.2) is 58.4 Å². The van der Waals surface area contributed by atoms with E-state index in [0.29, 0.717) is 21.3 Å². The molecule has 2 aromatic rings. The zero-order chi connectivity index (χ0) is 18.0. The van der Waals surface area contributed by atoms with Crippen molar-refractivity contribution in [3.63, 3.8) is 0 Å². The predicted octanol–water partition coefficient (Wildman–Crippen LogP) is 3.63. The fourth-order valence-electron chi connectivity index (χ4n) is 2.30. The van der Waals surface area contributed by atoms with Crippen molar-refractivity contribution in [3.8, 4) is 0 Å². The van der Waals surface area contributed by atoms with Gasteiger partial charge in [-0.2, -0.15) is 4.99 Å². The smallest absolute Gasteiger partial charge is 0.337 e. The molecule has 0 fully saturated rings. The number of amides is 1. The number of hydrogen-bond donors (Lipinski definition) is 1. The molecule has 0 atom stereocenters. The Kier molecular flexibility index (Phi) is 4.67. The Morgan fingerprint density at radius 1 is 1.20 bits per heavy atom. The maximum Gasteiger partial charge on any atom is 0.337 e. The summed E-state index contributed by atoms with van der Waals surface area (Å²) in [6.45, 7) is 0. The lowest BCUT2D eigenvalue weighted by atomic mass is 10.1. The molecule has 2 aromatic carbocycles. The molecule has 1 aliphatic heterocycles. The quantitative estimate of drug-likeness (QED) is 0.851. The predicted molar refractivity (Wildman–Crippen MR) is 96.2 cm³/mol. The summed E-state index contributed by atoms with van der Waals surface area (Å²) in [6, 6.07) is 12.3. The van der Waals surface area contributed by atoms with Crippen LogP contribution >= 0.6 is 11.8 Å². The number of amidine groups is 1. The Morgan fingerprint density at radius 3 is 2.56 bits per heavy atom. The molecular formula is C18H13FN2O3S. The summed E-state index contributed by atoms with van der Waals surface area (Å²) in [5.41, 5.74) is 1.25. The van der Waals surface area contributed by atoms with Gasteiger partial charge < -0.3 is 10.0 Å². The third-order valence-electron chi connectivity index (χ3n) is 3.56. The van der Waals surface area contributed by atoms with E-state index < -0.39 is 11.9 Å². The summed E-state index contributed by atoms with van der Waals surface area (Å²) in [5, 5.41) is 9.68. The molecule has 0 aliphatic carbocycles. The number of aromatic carboxylic acids is 1. The van der Waals surface area contributed by atoms with E-state index in [0.717, 1.165) is 11.8 Å². The number of thioether (sulfide) groups is 1. The van der Waals surface area contributed by atoms with E-state index >= 15 is 0 Å². The van der Waals surface area contributed by atoms with Gasteiger partial charge in [0.2, 0.25) is 0 Å². The van der Waals surface area contributed by atoms with Crippen molar-refractivity contribution in [1.82, 2.24) is 0 Å². The van der Waals surface area contributed by atoms with Crippen LogP contribution in [0.4, 0.5) is 10.1 Å². The van der Waals surface area contributed by atoms with Crippen LogP contribution in [0.25, 0.3) is 6.08 Å². The van der Waals surface area contributed by atoms with Gasteiger partial charge in [0, 0.05) is 7.05 Å². The van der Waals surface area contributed by atoms with Crippen molar-refractivity contribution >= 4 is 40.6 Å². The van der Waals surface area contributed by atoms with Crippen LogP contribution in [0.3, 0.4) is 0 Å². The molecule has 1 N–H and O–H groups in total. The van der Waals surface area contributed by atoms with Crippen molar-refractivity contribution in [1.29, 1.82) is 0 Å². The van der Waals surface area contributed by atoms with Gasteiger partial charge in [-0.25, -0.2) is 9.18 Å². The second-order valence-corrected chi connectivity index (χ2v) is 6.25. The average molecular weight is 356 g/mol. The maximum atomic E-state index is 13.0. The molecule has 25 heavy (non-hydrogen) atoms. The zero-order valence-electron chi connectivity index (χ0n) is 13.1. The number of carbonyl (C=O) groups is 2. The molecule has 0 unspecified atom stereocenters. The minimum atomic E-state index is -1.06. The standard InChI is InChI=1S/C18H13FN2O3S/c1-21(14-5-3-2-4-13(14)17(23)24)18-20-16(22)15(25-18)10-11-6-8-12(19)9-7-11/h2-10H,1H3,(H,23,24)/b15-10-. The first-order valence-corrected chi connectivity index (χ1v) is 8.11. The molecule has 3 rings (SSSR count). The van der Waals surface area contributed by atoms with Crippen molar-refractivity contribution < 1.29 is 19.1 Å². The van der Waals surface area contributed by atoms with Gasteiger partial charge in [0.05, 0.1) is 16.2 Å². The summed E-state index contributed by atoms with van der Waals surface area (Å²) in [5.74, 6) is -1.82. The van der Waals surface area contributed by atoms with E-state index in [1.807, 2.05) is 0 Å². The highest BCUT2D eigenvalue weighted by Crippen LogP contribution is 2.32. The van der Waals surface area contributed by atoms with Gasteiger partial charge >= 0.3 is 5.97 Å². The third-order valence-corrected chi connectivity index (χ3v) is 4.62. The van der Waals surface area contributed by atoms with Crippen LogP contribution in [0.2, 0.25) is 0 Å². The Morgan fingerprint density at radius 2 is 1.88 bits per heavy atom. The minimum Gasteiger partial charge on any atom is -0.478 e. The Bertz CT molecular complexity index is 907. The number of benzene rings is 2. The summed E-state index contributed by atoms with van der Waals surface area (Å²) >= 11 is 1.14. The summed E-state index contributed by atoms with van der Waals surface area (Å²) < 4.78 is 13.0. The molecule has 0 bridgehead atoms. The SMILES string of the molecule is CN(C1=NC(=O)/C(=C/c2ccc(F)cc2)S1)c1ccccc1C(=O)O. The van der Waals surface area contributed by atoms with E-state index in [4.69, 9.17) is 0 Å². The molecule has 126 valence electrons. The number of halogens is 1. The number of aliphatic imine (C=N–C) groups is 1. The number of hydrogen-bond acceptors (Lipinski definition) is 4. The van der Waals surface area contributed by atoms with Crippen LogP contribution in [0.1, 0.15) is 15.9 Å². The Labute approximate surface area is 147 Å². The van der Waals surface area contributed by atoms with Crippen LogP contribution < -0.4 is 4.90 Å². The lowest BCUT2D eigenvalue weighted by Gasteiger charge is -2.19. The molecule has 1 heterocycles. The van der Waals surface area contributed by atoms with E-state index in [9.17, 15) is 19.1 Å². The number of carboxylic acid groups (broad SMARTS) is 1. The first kappa shape index (κ1) is 16.9. The Hall–Kier alpha value is -2.93. The number of rotatable bonds is 3. The topological polar surface area (TPSA) is 70.0 Å². The van der Waals surface area contributed by atoms with Crippen molar-refractivity contribution in [3.05, 3.63) is 70.4 Å². The van der Waals surface area contributed by atoms with Gasteiger partial charge in [-0.1, -0.05) is 24.3 Å². The molecule has 0 spiro atoms. The number of para-hydroxylation sites is 1. The molecule has 7 heteroatoms. The largest absolute Gasteiger partial charge is 0.478 e. The normalized spacial score (nSPS) is 15.4. The number of nitrogens with zero attached hydrogens (tertiary/aromatic N) is 2. The summed E-state index contributed by atoms with van der Waals surface area (Å²) in [4.78, 5) is 29.4. The number of anilines is 1. The van der Waals surface area contributed by atoms with E-state index in [-0.39, 0.29) is 11.4 Å². The van der Waals surface area contributed by atoms with Gasteiger partial charge in [0.25, 0.3) is 5.91 Å². The zero-order valence-corrected chi connectivity index (χ0v) is 14.0. The fraction of sp³-hybridized carbons (Fsp3) is 0.0556. The highest BCUT2D eigenvalue weighted by Gasteiger charge is 2.26. The van der Waals surface area contributed by atoms with E-state index in [1.54, 1.807) is 48.4 Å². The molecule has 1 aliphatic rings. The Balaban J connectivity index is 1.86. The van der Waals surface area contributed by atoms with Crippen molar-refractivity contribution in [2.45, 2.75) is 0 Å². The fourth-order valence-corrected chi connectivity index (χ4v) is 3.19. The van der Waals surface area contributed by atoms with Crippen LogP contribution in [0.5, 0.6) is 0 Å². The van der Waals surface area contributed by atoms with Gasteiger partial charge in [-0.05, 0) is 47.7 Å². The number of carbonyl (C=O) groups excluding carboxylic acids is 1. The van der Waals surface area contributed by atoms with Crippen LogP contribution in [-0.2, 0) is 4.79 Å². The molecule has 5 nitrogen and oxygen atoms in total. The van der Waals surface area contributed by atoms with Gasteiger partial charge in [-0.15, -0.1) is 0 Å². The average Bonchev–Trinajstić information content (AvgIpc) is 2.97. The lowest BCUT2D eigenvalue weighted by molar-refractivity contribution is -0.113. The first-order valence-electron chi connectivity index (χ1n) is 7.30. The van der Waals surface area contributed by atoms with Crippen molar-refractivity contribution in [2.24, 2.45) is 4.99 Å². The highest BCUT2D eigenvalue weighted by molar-refractivity contribution is 8.18. The van der Waals surface area contributed by atoms with Gasteiger partial charge in [0.1, 0.15) is 5.82 Å². The van der Waals surface area contributed by atoms with Crippen LogP contribution in [0, 0.1) is 5.82 Å². The second-order valence-electron chi connectivity index (χ2n) is 5.24.